The summed E-state index contributed by atoms with van der Waals surface area (Å²) in [6.45, 7) is 0. The maximum absolute atomic E-state index is 13.7. The smallest absolute Gasteiger partial charge is 0.140 e. The highest BCUT2D eigenvalue weighted by Crippen LogP contribution is 2.45. The van der Waals surface area contributed by atoms with E-state index < -0.39 is 11.8 Å². The molecule has 1 aromatic rings. The van der Waals surface area contributed by atoms with E-state index in [1.54, 1.807) is 12.1 Å². The molecule has 1 nitrogen and oxygen atoms in total. The number of benzene rings is 1. The Hall–Kier alpha value is -0.890. The highest BCUT2D eigenvalue weighted by atomic mass is 19.1. The van der Waals surface area contributed by atoms with Crippen molar-refractivity contribution in [2.75, 3.05) is 0 Å². The van der Waals surface area contributed by atoms with Crippen molar-refractivity contribution in [3.05, 3.63) is 35.9 Å². The van der Waals surface area contributed by atoms with Gasteiger partial charge in [-0.15, -0.1) is 0 Å². The minimum atomic E-state index is -1.36. The van der Waals surface area contributed by atoms with Crippen molar-refractivity contribution in [2.45, 2.75) is 31.0 Å². The van der Waals surface area contributed by atoms with Crippen LogP contribution in [0, 0.1) is 0 Å². The average molecular weight is 180 g/mol. The largest absolute Gasteiger partial charge is 0.385 e. The summed E-state index contributed by atoms with van der Waals surface area (Å²) >= 11 is 0. The Labute approximate surface area is 77.2 Å². The molecule has 1 unspecified atom stereocenters. The number of alkyl halides is 1. The van der Waals surface area contributed by atoms with E-state index in [4.69, 9.17) is 0 Å². The van der Waals surface area contributed by atoms with E-state index in [9.17, 15) is 9.50 Å². The van der Waals surface area contributed by atoms with Gasteiger partial charge in [-0.3, -0.25) is 0 Å². The molecule has 1 saturated carbocycles. The van der Waals surface area contributed by atoms with Gasteiger partial charge in [-0.05, 0) is 24.8 Å². The average Bonchev–Trinajstić information content (AvgIpc) is 2.14. The molecule has 0 aromatic heterocycles. The first-order chi connectivity index (χ1) is 6.22. The van der Waals surface area contributed by atoms with E-state index in [0.717, 1.165) is 6.42 Å². The number of aliphatic hydroxyl groups is 1. The molecule has 70 valence electrons. The van der Waals surface area contributed by atoms with Gasteiger partial charge >= 0.3 is 0 Å². The summed E-state index contributed by atoms with van der Waals surface area (Å²) < 4.78 is 13.7. The summed E-state index contributed by atoms with van der Waals surface area (Å²) in [6, 6.07) is 9.04. The van der Waals surface area contributed by atoms with Gasteiger partial charge in [0.1, 0.15) is 11.8 Å². The van der Waals surface area contributed by atoms with Crippen molar-refractivity contribution in [1.29, 1.82) is 0 Å². The highest BCUT2D eigenvalue weighted by Gasteiger charge is 2.44. The summed E-state index contributed by atoms with van der Waals surface area (Å²) in [6.07, 6.45) is 0.925. The second-order valence-corrected chi connectivity index (χ2v) is 3.70. The first-order valence-corrected chi connectivity index (χ1v) is 4.64. The van der Waals surface area contributed by atoms with Crippen molar-refractivity contribution in [3.63, 3.8) is 0 Å². The molecule has 0 radical (unpaired) electrons. The Bertz CT molecular complexity index is 279. The highest BCUT2D eigenvalue weighted by molar-refractivity contribution is 5.21. The first-order valence-electron chi connectivity index (χ1n) is 4.64. The molecule has 1 aliphatic carbocycles. The number of hydrogen-bond acceptors (Lipinski definition) is 1. The van der Waals surface area contributed by atoms with Gasteiger partial charge in [0.05, 0.1) is 0 Å². The molecule has 0 saturated heterocycles. The number of aliphatic hydroxyl groups excluding tert-OH is 1. The van der Waals surface area contributed by atoms with Crippen LogP contribution in [0.5, 0.6) is 0 Å². The fraction of sp³-hybridized carbons (Fsp3) is 0.455. The van der Waals surface area contributed by atoms with Gasteiger partial charge in [0.2, 0.25) is 0 Å². The molecule has 1 aromatic carbocycles. The fourth-order valence-electron chi connectivity index (χ4n) is 1.72. The molecule has 1 fully saturated rings. The molecule has 1 atom stereocenters. The van der Waals surface area contributed by atoms with E-state index in [2.05, 4.69) is 0 Å². The maximum Gasteiger partial charge on any atom is 0.140 e. The molecule has 0 heterocycles. The molecule has 0 amide bonds. The summed E-state index contributed by atoms with van der Waals surface area (Å²) in [4.78, 5) is 0. The lowest BCUT2D eigenvalue weighted by Crippen LogP contribution is -2.38. The summed E-state index contributed by atoms with van der Waals surface area (Å²) in [5.41, 5.74) is -0.675. The van der Waals surface area contributed by atoms with Crippen LogP contribution in [0.25, 0.3) is 0 Å². The second-order valence-electron chi connectivity index (χ2n) is 3.70. The Kier molecular flexibility index (Phi) is 2.08. The molecule has 2 rings (SSSR count). The van der Waals surface area contributed by atoms with Gasteiger partial charge in [-0.1, -0.05) is 30.3 Å². The van der Waals surface area contributed by atoms with E-state index in [-0.39, 0.29) is 0 Å². The van der Waals surface area contributed by atoms with Crippen LogP contribution in [0.1, 0.15) is 30.9 Å². The third-order valence-corrected chi connectivity index (χ3v) is 2.79. The zero-order chi connectivity index (χ0) is 9.31. The van der Waals surface area contributed by atoms with Gasteiger partial charge < -0.3 is 5.11 Å². The third kappa shape index (κ3) is 1.46. The number of halogens is 1. The van der Waals surface area contributed by atoms with E-state index >= 15 is 0 Å². The van der Waals surface area contributed by atoms with Gasteiger partial charge in [0.25, 0.3) is 0 Å². The van der Waals surface area contributed by atoms with Crippen LogP contribution in [0.2, 0.25) is 0 Å². The summed E-state index contributed by atoms with van der Waals surface area (Å²) in [5.74, 6) is 0. The number of hydrogen-bond donors (Lipinski definition) is 1. The Balaban J connectivity index is 2.17. The summed E-state index contributed by atoms with van der Waals surface area (Å²) in [5, 5.41) is 9.72. The summed E-state index contributed by atoms with van der Waals surface area (Å²) in [7, 11) is 0. The maximum atomic E-state index is 13.7. The fourth-order valence-corrected chi connectivity index (χ4v) is 1.72. The lowest BCUT2D eigenvalue weighted by atomic mass is 9.76. The predicted molar refractivity (Wildman–Crippen MR) is 49.1 cm³/mol. The van der Waals surface area contributed by atoms with Crippen LogP contribution < -0.4 is 0 Å². The topological polar surface area (TPSA) is 20.2 Å². The monoisotopic (exact) mass is 180 g/mol. The molecular weight excluding hydrogens is 167 g/mol. The zero-order valence-electron chi connectivity index (χ0n) is 7.41. The van der Waals surface area contributed by atoms with Gasteiger partial charge in [0, 0.05) is 0 Å². The van der Waals surface area contributed by atoms with E-state index in [1.807, 2.05) is 18.2 Å². The predicted octanol–water partition coefficient (Wildman–Crippen LogP) is 2.61. The molecule has 0 aliphatic heterocycles. The minimum Gasteiger partial charge on any atom is -0.385 e. The Morgan fingerprint density at radius 2 is 1.85 bits per heavy atom. The van der Waals surface area contributed by atoms with Crippen molar-refractivity contribution >= 4 is 0 Å². The van der Waals surface area contributed by atoms with E-state index in [1.165, 1.54) is 0 Å². The van der Waals surface area contributed by atoms with Gasteiger partial charge in [0.15, 0.2) is 0 Å². The van der Waals surface area contributed by atoms with E-state index in [0.29, 0.717) is 18.4 Å². The molecule has 0 bridgehead atoms. The minimum absolute atomic E-state index is 0.489. The molecular formula is C11H13FO. The molecule has 1 N–H and O–H groups in total. The van der Waals surface area contributed by atoms with Crippen LogP contribution in [0.15, 0.2) is 30.3 Å². The van der Waals surface area contributed by atoms with Gasteiger partial charge in [-0.25, -0.2) is 4.39 Å². The molecule has 2 heteroatoms. The second kappa shape index (κ2) is 3.11. The van der Waals surface area contributed by atoms with Crippen LogP contribution in [-0.2, 0) is 0 Å². The molecule has 13 heavy (non-hydrogen) atoms. The molecule has 0 spiro atoms. The number of rotatable bonds is 2. The van der Waals surface area contributed by atoms with Crippen molar-refractivity contribution in [2.24, 2.45) is 0 Å². The third-order valence-electron chi connectivity index (χ3n) is 2.79. The van der Waals surface area contributed by atoms with Gasteiger partial charge in [-0.2, -0.15) is 0 Å². The standard InChI is InChI=1S/C11H13FO/c12-11(7-4-8-11)10(13)9-5-2-1-3-6-9/h1-3,5-6,10,13H,4,7-8H2. The lowest BCUT2D eigenvalue weighted by Gasteiger charge is -2.38. The lowest BCUT2D eigenvalue weighted by molar-refractivity contribution is -0.0649. The van der Waals surface area contributed by atoms with Crippen LogP contribution in [0.4, 0.5) is 4.39 Å². The van der Waals surface area contributed by atoms with Crippen LogP contribution >= 0.6 is 0 Å². The van der Waals surface area contributed by atoms with Crippen LogP contribution in [0.3, 0.4) is 0 Å². The Morgan fingerprint density at radius 3 is 2.31 bits per heavy atom. The first kappa shape index (κ1) is 8.70. The SMILES string of the molecule is OC(c1ccccc1)C1(F)CCC1. The van der Waals surface area contributed by atoms with Crippen LogP contribution in [-0.4, -0.2) is 10.8 Å². The van der Waals surface area contributed by atoms with Crippen molar-refractivity contribution in [1.82, 2.24) is 0 Å². The van der Waals surface area contributed by atoms with Crippen molar-refractivity contribution < 1.29 is 9.50 Å². The normalized spacial score (nSPS) is 22.0. The Morgan fingerprint density at radius 1 is 1.23 bits per heavy atom. The zero-order valence-corrected chi connectivity index (χ0v) is 7.41. The van der Waals surface area contributed by atoms with Crippen molar-refractivity contribution in [3.8, 4) is 0 Å². The quantitative estimate of drug-likeness (QED) is 0.741. The molecule has 1 aliphatic rings.